The van der Waals surface area contributed by atoms with E-state index in [9.17, 15) is 14.3 Å². The van der Waals surface area contributed by atoms with Crippen LogP contribution in [0.1, 0.15) is 142 Å². The van der Waals surface area contributed by atoms with Gasteiger partial charge in [0.15, 0.2) is 0 Å². The van der Waals surface area contributed by atoms with Gasteiger partial charge in [0, 0.05) is 13.0 Å². The molecule has 2 unspecified atom stereocenters. The van der Waals surface area contributed by atoms with Crippen molar-refractivity contribution in [3.05, 3.63) is 97.2 Å². The van der Waals surface area contributed by atoms with E-state index in [1.165, 1.54) is 0 Å². The van der Waals surface area contributed by atoms with Gasteiger partial charge in [-0.2, -0.15) is 0 Å². The molecular weight excluding hydrogens is 734 g/mol. The monoisotopic (exact) mass is 817 g/mol. The number of phosphoric acid groups is 1. The van der Waals surface area contributed by atoms with Gasteiger partial charge in [0.25, 0.3) is 0 Å². The van der Waals surface area contributed by atoms with Crippen LogP contribution in [-0.2, 0) is 27.9 Å². The standard InChI is InChI=1S/C48H82NO7P/c1-6-8-10-12-14-16-18-20-22-23-24-25-26-27-28-29-31-33-35-37-39-41-48(50)56-47(46-55-57(51,52)54-44-42-49(3,4)5)45-53-43-40-38-36-34-32-30-21-19-17-15-13-11-9-7-2/h8-11,14-17,20-22,24-25,27-28,30,47H,6-7,12-13,18-19,23,26,29,31-46H2,1-5H3/p+1/b10-8-,11-9-,16-14-,17-15-,22-20-,25-24-,28-27-,30-21-. The van der Waals surface area contributed by atoms with E-state index in [4.69, 9.17) is 18.5 Å². The van der Waals surface area contributed by atoms with Gasteiger partial charge in [-0.15, -0.1) is 0 Å². The van der Waals surface area contributed by atoms with Crippen molar-refractivity contribution in [3.63, 3.8) is 0 Å². The molecule has 0 fully saturated rings. The minimum atomic E-state index is -4.29. The Balaban J connectivity index is 4.33. The molecule has 0 radical (unpaired) electrons. The zero-order valence-corrected chi connectivity index (χ0v) is 37.7. The molecule has 0 aliphatic rings. The molecular formula is C48H83NO7P+. The van der Waals surface area contributed by atoms with Crippen molar-refractivity contribution in [2.45, 2.75) is 148 Å². The number of rotatable bonds is 39. The van der Waals surface area contributed by atoms with Crippen molar-refractivity contribution in [2.75, 3.05) is 54.1 Å². The maximum absolute atomic E-state index is 12.7. The highest BCUT2D eigenvalue weighted by Crippen LogP contribution is 2.43. The molecule has 0 aromatic heterocycles. The third-order valence-electron chi connectivity index (χ3n) is 8.64. The summed E-state index contributed by atoms with van der Waals surface area (Å²) in [7, 11) is 1.62. The quantitative estimate of drug-likeness (QED) is 0.0217. The van der Waals surface area contributed by atoms with Crippen LogP contribution in [0.15, 0.2) is 97.2 Å². The highest BCUT2D eigenvalue weighted by molar-refractivity contribution is 7.47. The van der Waals surface area contributed by atoms with Gasteiger partial charge in [-0.25, -0.2) is 4.57 Å². The van der Waals surface area contributed by atoms with Crippen LogP contribution in [0.2, 0.25) is 0 Å². The molecule has 9 heteroatoms. The van der Waals surface area contributed by atoms with E-state index < -0.39 is 13.9 Å². The van der Waals surface area contributed by atoms with Crippen LogP contribution < -0.4 is 0 Å². The lowest BCUT2D eigenvalue weighted by molar-refractivity contribution is -0.870. The molecule has 0 bridgehead atoms. The Morgan fingerprint density at radius 2 is 0.965 bits per heavy atom. The minimum absolute atomic E-state index is 0.0737. The number of allylic oxidation sites excluding steroid dienone is 16. The molecule has 0 heterocycles. The molecule has 0 aromatic rings. The summed E-state index contributed by atoms with van der Waals surface area (Å²) in [6, 6.07) is 0. The van der Waals surface area contributed by atoms with Gasteiger partial charge in [0.2, 0.25) is 0 Å². The number of ether oxygens (including phenoxy) is 2. The number of likely N-dealkylation sites (N-methyl/N-ethyl adjacent to an activating group) is 1. The average molecular weight is 817 g/mol. The molecule has 0 saturated heterocycles. The first-order valence-electron chi connectivity index (χ1n) is 22.0. The molecule has 0 aliphatic heterocycles. The van der Waals surface area contributed by atoms with Crippen LogP contribution in [0.4, 0.5) is 0 Å². The van der Waals surface area contributed by atoms with Crippen molar-refractivity contribution < 1.29 is 37.3 Å². The third kappa shape index (κ3) is 44.4. The molecule has 8 nitrogen and oxygen atoms in total. The fraction of sp³-hybridized carbons (Fsp3) is 0.646. The summed E-state index contributed by atoms with van der Waals surface area (Å²) >= 11 is 0. The first kappa shape index (κ1) is 54.4. The number of esters is 1. The average Bonchev–Trinajstić information content (AvgIpc) is 3.16. The molecule has 0 amide bonds. The molecule has 0 spiro atoms. The number of carbonyl (C=O) groups is 1. The topological polar surface area (TPSA) is 91.3 Å². The van der Waals surface area contributed by atoms with Crippen molar-refractivity contribution in [3.8, 4) is 0 Å². The Morgan fingerprint density at radius 1 is 0.544 bits per heavy atom. The molecule has 0 aliphatic carbocycles. The second kappa shape index (κ2) is 40.2. The highest BCUT2D eigenvalue weighted by Gasteiger charge is 2.26. The van der Waals surface area contributed by atoms with Gasteiger partial charge in [-0.3, -0.25) is 13.8 Å². The molecule has 1 N–H and O–H groups in total. The van der Waals surface area contributed by atoms with Gasteiger partial charge in [-0.05, 0) is 89.9 Å². The SMILES string of the molecule is CC/C=C\C/C=C\C/C=C\C/C=C\C/C=C\CCCCCCCC(=O)OC(COCCCCCC/C=C\C/C=C\C/C=C\CC)COP(=O)(O)OCC[N+](C)(C)C. The Bertz CT molecular complexity index is 1230. The number of carbonyl (C=O) groups excluding carboxylic acids is 1. The lowest BCUT2D eigenvalue weighted by Crippen LogP contribution is -2.37. The molecule has 57 heavy (non-hydrogen) atoms. The summed E-state index contributed by atoms with van der Waals surface area (Å²) in [5.74, 6) is -0.346. The van der Waals surface area contributed by atoms with Crippen LogP contribution in [0.5, 0.6) is 0 Å². The Morgan fingerprint density at radius 3 is 1.44 bits per heavy atom. The second-order valence-corrected chi connectivity index (χ2v) is 16.8. The van der Waals surface area contributed by atoms with Gasteiger partial charge >= 0.3 is 13.8 Å². The minimum Gasteiger partial charge on any atom is -0.457 e. The fourth-order valence-corrected chi connectivity index (χ4v) is 6.04. The maximum atomic E-state index is 12.7. The Kier molecular flexibility index (Phi) is 38.4. The van der Waals surface area contributed by atoms with Crippen LogP contribution in [0.3, 0.4) is 0 Å². The van der Waals surface area contributed by atoms with Crippen LogP contribution in [-0.4, -0.2) is 75.6 Å². The molecule has 0 saturated carbocycles. The van der Waals surface area contributed by atoms with Crippen molar-refractivity contribution >= 4 is 13.8 Å². The Hall–Kier alpha value is -2.58. The number of nitrogens with zero attached hydrogens (tertiary/aromatic N) is 1. The zero-order chi connectivity index (χ0) is 42.0. The summed E-state index contributed by atoms with van der Waals surface area (Å²) in [4.78, 5) is 22.9. The normalized spacial score (nSPS) is 14.7. The van der Waals surface area contributed by atoms with E-state index in [1.807, 2.05) is 21.1 Å². The summed E-state index contributed by atoms with van der Waals surface area (Å²) < 4.78 is 34.9. The Labute approximate surface area is 349 Å². The predicted octanol–water partition coefficient (Wildman–Crippen LogP) is 13.0. The number of quaternary nitrogens is 1. The summed E-state index contributed by atoms with van der Waals surface area (Å²) in [5, 5.41) is 0. The molecule has 0 rings (SSSR count). The van der Waals surface area contributed by atoms with Crippen molar-refractivity contribution in [1.29, 1.82) is 0 Å². The molecule has 0 aromatic carbocycles. The lowest BCUT2D eigenvalue weighted by Gasteiger charge is -2.24. The molecule has 326 valence electrons. The summed E-state index contributed by atoms with van der Waals surface area (Å²) in [6.07, 6.45) is 54.4. The number of phosphoric ester groups is 1. The van der Waals surface area contributed by atoms with Crippen molar-refractivity contribution in [1.82, 2.24) is 0 Å². The van der Waals surface area contributed by atoms with Crippen LogP contribution in [0.25, 0.3) is 0 Å². The van der Waals surface area contributed by atoms with E-state index in [0.717, 1.165) is 122 Å². The van der Waals surface area contributed by atoms with Crippen LogP contribution in [0, 0.1) is 0 Å². The highest BCUT2D eigenvalue weighted by atomic mass is 31.2. The van der Waals surface area contributed by atoms with Crippen LogP contribution >= 0.6 is 7.82 Å². The van der Waals surface area contributed by atoms with Crippen molar-refractivity contribution in [2.24, 2.45) is 0 Å². The summed E-state index contributed by atoms with van der Waals surface area (Å²) in [5.41, 5.74) is 0. The van der Waals surface area contributed by atoms with Gasteiger partial charge in [0.1, 0.15) is 19.3 Å². The third-order valence-corrected chi connectivity index (χ3v) is 9.63. The van der Waals surface area contributed by atoms with E-state index in [2.05, 4.69) is 111 Å². The van der Waals surface area contributed by atoms with E-state index >= 15 is 0 Å². The van der Waals surface area contributed by atoms with E-state index in [-0.39, 0.29) is 25.8 Å². The summed E-state index contributed by atoms with van der Waals surface area (Å²) in [6.45, 7) is 5.28. The number of hydrogen-bond acceptors (Lipinski definition) is 6. The first-order chi connectivity index (χ1) is 27.6. The number of unbranched alkanes of at least 4 members (excludes halogenated alkanes) is 9. The number of hydrogen-bond donors (Lipinski definition) is 1. The fourth-order valence-electron chi connectivity index (χ4n) is 5.30. The second-order valence-electron chi connectivity index (χ2n) is 15.3. The molecule has 2 atom stereocenters. The zero-order valence-electron chi connectivity index (χ0n) is 36.8. The largest absolute Gasteiger partial charge is 0.472 e. The van der Waals surface area contributed by atoms with Gasteiger partial charge in [-0.1, -0.05) is 143 Å². The smallest absolute Gasteiger partial charge is 0.457 e. The van der Waals surface area contributed by atoms with E-state index in [0.29, 0.717) is 24.1 Å². The maximum Gasteiger partial charge on any atom is 0.472 e. The lowest BCUT2D eigenvalue weighted by atomic mass is 10.1. The van der Waals surface area contributed by atoms with Gasteiger partial charge in [0.05, 0.1) is 34.4 Å². The van der Waals surface area contributed by atoms with E-state index in [1.54, 1.807) is 0 Å². The first-order valence-corrected chi connectivity index (χ1v) is 23.5. The van der Waals surface area contributed by atoms with Gasteiger partial charge < -0.3 is 18.9 Å². The predicted molar refractivity (Wildman–Crippen MR) is 242 cm³/mol.